The first-order chi connectivity index (χ1) is 13.7. The second kappa shape index (κ2) is 8.34. The largest absolute Gasteiger partial charge is 0.484 e. The van der Waals surface area contributed by atoms with E-state index in [4.69, 9.17) is 30.5 Å². The lowest BCUT2D eigenvalue weighted by Crippen LogP contribution is -2.32. The predicted octanol–water partition coefficient (Wildman–Crippen LogP) is 3.77. The summed E-state index contributed by atoms with van der Waals surface area (Å²) in [5.41, 5.74) is 0.955. The first-order valence-corrected chi connectivity index (χ1v) is 9.77. The van der Waals surface area contributed by atoms with Gasteiger partial charge in [0.2, 0.25) is 11.7 Å². The number of nitrogens with zero attached hydrogens (tertiary/aromatic N) is 2. The maximum Gasteiger partial charge on any atom is 0.265 e. The van der Waals surface area contributed by atoms with E-state index in [1.54, 1.807) is 0 Å². The van der Waals surface area contributed by atoms with Gasteiger partial charge in [-0.15, -0.1) is 0 Å². The van der Waals surface area contributed by atoms with Crippen molar-refractivity contribution in [1.29, 1.82) is 0 Å². The van der Waals surface area contributed by atoms with Crippen molar-refractivity contribution in [3.63, 3.8) is 0 Å². The smallest absolute Gasteiger partial charge is 0.265 e. The van der Waals surface area contributed by atoms with E-state index >= 15 is 0 Å². The number of ether oxygens (including phenoxy) is 4. The molecule has 10 heteroatoms. The molecule has 0 amide bonds. The van der Waals surface area contributed by atoms with E-state index in [1.165, 1.54) is 26.2 Å². The number of hydrogen-bond acceptors (Lipinski definition) is 8. The molecule has 0 radical (unpaired) electrons. The molecular weight excluding hydrogens is 404 g/mol. The van der Waals surface area contributed by atoms with E-state index in [9.17, 15) is 0 Å². The third-order valence-electron chi connectivity index (χ3n) is 4.22. The maximum atomic E-state index is 6.03. The summed E-state index contributed by atoms with van der Waals surface area (Å²) in [7, 11) is 3.06. The van der Waals surface area contributed by atoms with E-state index < -0.39 is 0 Å². The zero-order valence-electron chi connectivity index (χ0n) is 15.3. The van der Waals surface area contributed by atoms with Crippen molar-refractivity contribution in [3.05, 3.63) is 29.4 Å². The molecule has 3 heterocycles. The molecule has 2 aromatic heterocycles. The highest BCUT2D eigenvalue weighted by Gasteiger charge is 2.23. The van der Waals surface area contributed by atoms with Crippen molar-refractivity contribution in [3.8, 4) is 17.5 Å². The monoisotopic (exact) mass is 422 g/mol. The molecule has 2 N–H and O–H groups in total. The van der Waals surface area contributed by atoms with Gasteiger partial charge in [0.25, 0.3) is 11.8 Å². The van der Waals surface area contributed by atoms with Crippen molar-refractivity contribution >= 4 is 40.4 Å². The lowest BCUT2D eigenvalue weighted by molar-refractivity contribution is -0.0515. The minimum atomic E-state index is 0.306. The Hall–Kier alpha value is -2.36. The number of rotatable bonds is 8. The van der Waals surface area contributed by atoms with Crippen LogP contribution in [0.3, 0.4) is 0 Å². The molecule has 8 nitrogen and oxygen atoms in total. The summed E-state index contributed by atoms with van der Waals surface area (Å²) >= 11 is 7.40. The molecule has 0 unspecified atom stereocenters. The third kappa shape index (κ3) is 3.91. The Bertz CT molecular complexity index is 954. The molecule has 3 aromatic rings. The first-order valence-electron chi connectivity index (χ1n) is 8.58. The van der Waals surface area contributed by atoms with Crippen LogP contribution >= 0.6 is 23.5 Å². The lowest BCUT2D eigenvalue weighted by Gasteiger charge is -2.26. The fourth-order valence-corrected chi connectivity index (χ4v) is 3.57. The standard InChI is InChI=1S/C18H19ClN4O4S/c1-24-16-15(27-9-10-7-26-8-10)17(25-2)22-18(21-16)23-28-14-6-20-13-5-11(19)3-4-12(13)14/h3-6,10,20H,7-9H2,1-2H3,(H,21,22,23). The number of anilines is 1. The van der Waals surface area contributed by atoms with Crippen LogP contribution in [0.25, 0.3) is 10.9 Å². The van der Waals surface area contributed by atoms with Crippen LogP contribution in [0.4, 0.5) is 5.95 Å². The van der Waals surface area contributed by atoms with Gasteiger partial charge in [-0.3, -0.25) is 4.72 Å². The van der Waals surface area contributed by atoms with Crippen molar-refractivity contribution < 1.29 is 18.9 Å². The van der Waals surface area contributed by atoms with Gasteiger partial charge in [-0.1, -0.05) is 17.7 Å². The number of H-pyrrole nitrogens is 1. The number of halogens is 1. The molecule has 1 fully saturated rings. The quantitative estimate of drug-likeness (QED) is 0.530. The molecule has 1 saturated heterocycles. The highest BCUT2D eigenvalue weighted by atomic mass is 35.5. The lowest BCUT2D eigenvalue weighted by atomic mass is 10.1. The van der Waals surface area contributed by atoms with Crippen molar-refractivity contribution in [1.82, 2.24) is 15.0 Å². The summed E-state index contributed by atoms with van der Waals surface area (Å²) in [4.78, 5) is 12.9. The normalized spacial score (nSPS) is 14.0. The van der Waals surface area contributed by atoms with E-state index in [0.29, 0.717) is 54.2 Å². The van der Waals surface area contributed by atoms with Crippen molar-refractivity contribution in [2.24, 2.45) is 5.92 Å². The Labute approximate surface area is 171 Å². The average Bonchev–Trinajstić information content (AvgIpc) is 3.07. The molecule has 4 rings (SSSR count). The van der Waals surface area contributed by atoms with E-state index in [-0.39, 0.29) is 0 Å². The molecule has 1 aliphatic heterocycles. The zero-order chi connectivity index (χ0) is 19.5. The van der Waals surface area contributed by atoms with E-state index in [1.807, 2.05) is 24.4 Å². The Balaban J connectivity index is 1.51. The fraction of sp³-hybridized carbons (Fsp3) is 0.333. The van der Waals surface area contributed by atoms with Gasteiger partial charge < -0.3 is 23.9 Å². The van der Waals surface area contributed by atoms with Crippen LogP contribution in [-0.2, 0) is 4.74 Å². The predicted molar refractivity (Wildman–Crippen MR) is 108 cm³/mol. The summed E-state index contributed by atoms with van der Waals surface area (Å²) in [5, 5.41) is 1.73. The summed E-state index contributed by atoms with van der Waals surface area (Å²) < 4.78 is 24.9. The van der Waals surface area contributed by atoms with Crippen LogP contribution < -0.4 is 18.9 Å². The van der Waals surface area contributed by atoms with E-state index in [2.05, 4.69) is 19.7 Å². The molecule has 28 heavy (non-hydrogen) atoms. The van der Waals surface area contributed by atoms with Crippen LogP contribution in [0.5, 0.6) is 17.5 Å². The minimum Gasteiger partial charge on any atom is -0.484 e. The second-order valence-electron chi connectivity index (χ2n) is 6.16. The summed E-state index contributed by atoms with van der Waals surface area (Å²) in [6.07, 6.45) is 1.89. The van der Waals surface area contributed by atoms with Crippen LogP contribution in [0.15, 0.2) is 29.3 Å². The van der Waals surface area contributed by atoms with Crippen LogP contribution in [0.2, 0.25) is 5.02 Å². The number of nitrogens with one attached hydrogen (secondary N) is 2. The Kier molecular flexibility index (Phi) is 5.65. The topological polar surface area (TPSA) is 90.5 Å². The summed E-state index contributed by atoms with van der Waals surface area (Å²) in [6.45, 7) is 1.88. The molecule has 148 valence electrons. The van der Waals surface area contributed by atoms with Crippen LogP contribution in [-0.4, -0.2) is 49.0 Å². The second-order valence-corrected chi connectivity index (χ2v) is 7.44. The SMILES string of the molecule is COc1nc(NSc2c[nH]c3cc(Cl)ccc23)nc(OC)c1OCC1COC1. The number of benzene rings is 1. The van der Waals surface area contributed by atoms with Crippen molar-refractivity contribution in [2.45, 2.75) is 4.90 Å². The highest BCUT2D eigenvalue weighted by molar-refractivity contribution is 8.00. The van der Waals surface area contributed by atoms with Gasteiger partial charge in [0.05, 0.1) is 38.9 Å². The number of fused-ring (bicyclic) bond motifs is 1. The average molecular weight is 423 g/mol. The Morgan fingerprint density at radius 3 is 2.64 bits per heavy atom. The third-order valence-corrected chi connectivity index (χ3v) is 5.30. The number of aromatic nitrogens is 3. The molecule has 1 aromatic carbocycles. The molecule has 0 aliphatic carbocycles. The summed E-state index contributed by atoms with van der Waals surface area (Å²) in [6, 6.07) is 5.69. The maximum absolute atomic E-state index is 6.03. The van der Waals surface area contributed by atoms with Crippen LogP contribution in [0, 0.1) is 5.92 Å². The van der Waals surface area contributed by atoms with Gasteiger partial charge in [-0.05, 0) is 24.1 Å². The molecule has 0 spiro atoms. The van der Waals surface area contributed by atoms with Gasteiger partial charge in [-0.2, -0.15) is 9.97 Å². The molecule has 0 bridgehead atoms. The number of aromatic amines is 1. The van der Waals surface area contributed by atoms with E-state index in [0.717, 1.165) is 15.8 Å². The van der Waals surface area contributed by atoms with Gasteiger partial charge in [-0.25, -0.2) is 0 Å². The van der Waals surface area contributed by atoms with Gasteiger partial charge in [0.1, 0.15) is 0 Å². The summed E-state index contributed by atoms with van der Waals surface area (Å²) in [5.74, 6) is 1.70. The fourth-order valence-electron chi connectivity index (χ4n) is 2.69. The number of methoxy groups -OCH3 is 2. The zero-order valence-corrected chi connectivity index (χ0v) is 16.9. The minimum absolute atomic E-state index is 0.306. The Morgan fingerprint density at radius 2 is 2.00 bits per heavy atom. The molecule has 1 aliphatic rings. The number of hydrogen-bond donors (Lipinski definition) is 2. The molecule has 0 saturated carbocycles. The first kappa shape index (κ1) is 19.0. The van der Waals surface area contributed by atoms with Crippen molar-refractivity contribution in [2.75, 3.05) is 38.8 Å². The highest BCUT2D eigenvalue weighted by Crippen LogP contribution is 2.37. The molecule has 0 atom stereocenters. The van der Waals surface area contributed by atoms with Gasteiger partial charge >= 0.3 is 0 Å². The molecular formula is C18H19ClN4O4S. The van der Waals surface area contributed by atoms with Gasteiger partial charge in [0.15, 0.2) is 0 Å². The Morgan fingerprint density at radius 1 is 1.25 bits per heavy atom. The van der Waals surface area contributed by atoms with Crippen LogP contribution in [0.1, 0.15) is 0 Å². The van der Waals surface area contributed by atoms with Gasteiger partial charge in [0, 0.05) is 28.0 Å².